The lowest BCUT2D eigenvalue weighted by atomic mass is 9.49. The van der Waals surface area contributed by atoms with E-state index in [0.717, 1.165) is 120 Å². The molecule has 0 spiro atoms. The van der Waals surface area contributed by atoms with Crippen molar-refractivity contribution >= 4 is 40.7 Å². The van der Waals surface area contributed by atoms with Crippen LogP contribution in [0.5, 0.6) is 11.6 Å². The number of nitrogens with zero attached hydrogens (tertiary/aromatic N) is 11. The molecule has 366 valence electrons. The molecule has 4 aliphatic rings. The summed E-state index contributed by atoms with van der Waals surface area (Å²) in [6.07, 6.45) is 14.7. The van der Waals surface area contributed by atoms with Gasteiger partial charge in [0.15, 0.2) is 5.65 Å². The number of piperidine rings is 2. The second kappa shape index (κ2) is 21.1. The Morgan fingerprint density at radius 3 is 2.29 bits per heavy atom. The summed E-state index contributed by atoms with van der Waals surface area (Å²) in [6.45, 7) is 22.2. The lowest BCUT2D eigenvalue weighted by Gasteiger charge is -2.63. The number of nitriles is 1. The molecule has 17 heteroatoms. The molecule has 5 aromatic rings. The predicted molar refractivity (Wildman–Crippen MR) is 269 cm³/mol. The molecule has 1 saturated carbocycles. The number of pyridine rings is 1. The van der Waals surface area contributed by atoms with Gasteiger partial charge in [-0.3, -0.25) is 4.79 Å². The number of hydrogen-bond acceptors (Lipinski definition) is 14. The number of anilines is 3. The maximum absolute atomic E-state index is 13.5. The molecule has 3 saturated heterocycles. The number of carbonyl (C=O) groups excluding carboxylic acids is 1. The van der Waals surface area contributed by atoms with Crippen molar-refractivity contribution in [1.82, 2.24) is 44.7 Å². The molecule has 9 rings (SSSR count). The van der Waals surface area contributed by atoms with Gasteiger partial charge in [-0.15, -0.1) is 0 Å². The van der Waals surface area contributed by atoms with Gasteiger partial charge in [0, 0.05) is 131 Å². The summed E-state index contributed by atoms with van der Waals surface area (Å²) in [7, 11) is 0. The van der Waals surface area contributed by atoms with Gasteiger partial charge in [0.05, 0.1) is 29.0 Å². The highest BCUT2D eigenvalue weighted by atomic mass is 35.5. The number of carbonyl (C=O) groups is 1. The third-order valence-electron chi connectivity index (χ3n) is 14.9. The Kier molecular flexibility index (Phi) is 14.7. The molecule has 3 aliphatic heterocycles. The van der Waals surface area contributed by atoms with Crippen molar-refractivity contribution in [3.8, 4) is 17.7 Å². The molecule has 1 amide bonds. The fourth-order valence-electron chi connectivity index (χ4n) is 11.2. The van der Waals surface area contributed by atoms with Gasteiger partial charge in [-0.25, -0.2) is 19.9 Å². The molecule has 0 atom stereocenters. The summed E-state index contributed by atoms with van der Waals surface area (Å²) in [5, 5.41) is 21.1. The SMILES string of the molecule is CCc1cnn2c(NCc3ccc(OCCCN4CCN(CC5CCN(c6ncc(C(=O)NC7C(C)(C)C(Oc8ccc(C#N)c(Cl)c8)C7(C)C)cn6)CC5)CC4)nc3)cc(N3CCCCC3)nc12. The van der Waals surface area contributed by atoms with Crippen LogP contribution in [0.2, 0.25) is 5.02 Å². The summed E-state index contributed by atoms with van der Waals surface area (Å²) in [5.74, 6) is 4.34. The zero-order chi connectivity index (χ0) is 48.1. The quantitative estimate of drug-likeness (QED) is 0.0880. The highest BCUT2D eigenvalue weighted by molar-refractivity contribution is 6.31. The standard InChI is InChI=1S/C52H68ClN13O3/c1-6-38-34-59-66-43(28-44(60-46(38)66)64-18-8-7-9-19-64)55-30-37-11-14-45(56-31-37)68-26-10-17-62-22-24-63(25-23-62)35-36-15-20-65(21-16-36)50-57-32-40(33-58-50)47(67)61-48-51(2,3)49(52(48,4)5)69-41-13-12-39(29-54)42(53)27-41/h11-14,27-28,31-34,36,48-49,55H,6-10,15-26,30,35H2,1-5H3,(H,61,67). The van der Waals surface area contributed by atoms with E-state index in [-0.39, 0.29) is 28.9 Å². The van der Waals surface area contributed by atoms with Crippen LogP contribution in [0.15, 0.2) is 61.2 Å². The summed E-state index contributed by atoms with van der Waals surface area (Å²) >= 11 is 6.27. The van der Waals surface area contributed by atoms with Crippen molar-refractivity contribution in [1.29, 1.82) is 5.26 Å². The molecule has 4 aromatic heterocycles. The fourth-order valence-corrected chi connectivity index (χ4v) is 11.4. The number of nitrogens with one attached hydrogen (secondary N) is 2. The number of aromatic nitrogens is 6. The third-order valence-corrected chi connectivity index (χ3v) is 15.3. The Hall–Kier alpha value is -5.76. The fraction of sp³-hybridized carbons (Fsp3) is 0.558. The van der Waals surface area contributed by atoms with Gasteiger partial charge < -0.3 is 39.7 Å². The average Bonchev–Trinajstić information content (AvgIpc) is 3.80. The topological polar surface area (TPSA) is 165 Å². The predicted octanol–water partition coefficient (Wildman–Crippen LogP) is 7.52. The minimum absolute atomic E-state index is 0.150. The van der Waals surface area contributed by atoms with Gasteiger partial charge in [-0.1, -0.05) is 52.3 Å². The summed E-state index contributed by atoms with van der Waals surface area (Å²) < 4.78 is 14.4. The number of amides is 1. The molecule has 1 aliphatic carbocycles. The highest BCUT2D eigenvalue weighted by Gasteiger charge is 2.64. The Balaban J connectivity index is 0.653. The molecular formula is C52H68ClN13O3. The van der Waals surface area contributed by atoms with E-state index in [1.54, 1.807) is 30.6 Å². The minimum Gasteiger partial charge on any atom is -0.489 e. The summed E-state index contributed by atoms with van der Waals surface area (Å²) in [5.41, 5.74) is 3.28. The van der Waals surface area contributed by atoms with Crippen LogP contribution < -0.4 is 29.9 Å². The van der Waals surface area contributed by atoms with Gasteiger partial charge in [0.1, 0.15) is 29.6 Å². The molecule has 7 heterocycles. The maximum Gasteiger partial charge on any atom is 0.254 e. The Morgan fingerprint density at radius 1 is 0.870 bits per heavy atom. The van der Waals surface area contributed by atoms with E-state index in [9.17, 15) is 10.1 Å². The van der Waals surface area contributed by atoms with Crippen LogP contribution >= 0.6 is 11.6 Å². The molecule has 0 unspecified atom stereocenters. The van der Waals surface area contributed by atoms with E-state index in [4.69, 9.17) is 26.1 Å². The molecule has 1 aromatic carbocycles. The second-order valence-corrected chi connectivity index (χ2v) is 20.9. The lowest BCUT2D eigenvalue weighted by Crippen LogP contribution is -2.74. The largest absolute Gasteiger partial charge is 0.489 e. The minimum atomic E-state index is -0.365. The normalized spacial score (nSPS) is 20.8. The number of fused-ring (bicyclic) bond motifs is 1. The molecule has 0 bridgehead atoms. The smallest absolute Gasteiger partial charge is 0.254 e. The van der Waals surface area contributed by atoms with Gasteiger partial charge in [0.2, 0.25) is 11.8 Å². The number of piperazine rings is 1. The molecular weight excluding hydrogens is 890 g/mol. The van der Waals surface area contributed by atoms with E-state index in [2.05, 4.69) is 103 Å². The Labute approximate surface area is 411 Å². The van der Waals surface area contributed by atoms with Crippen LogP contribution in [-0.2, 0) is 13.0 Å². The zero-order valence-electron chi connectivity index (χ0n) is 41.0. The van der Waals surface area contributed by atoms with E-state index in [1.807, 2.05) is 23.0 Å². The van der Waals surface area contributed by atoms with E-state index >= 15 is 0 Å². The van der Waals surface area contributed by atoms with Crippen molar-refractivity contribution < 1.29 is 14.3 Å². The Bertz CT molecular complexity index is 2560. The Morgan fingerprint density at radius 2 is 1.61 bits per heavy atom. The van der Waals surface area contributed by atoms with Crippen molar-refractivity contribution in [2.75, 3.05) is 87.2 Å². The molecule has 69 heavy (non-hydrogen) atoms. The van der Waals surface area contributed by atoms with E-state index in [1.165, 1.54) is 19.3 Å². The average molecular weight is 959 g/mol. The second-order valence-electron chi connectivity index (χ2n) is 20.5. The van der Waals surface area contributed by atoms with Crippen LogP contribution in [0.4, 0.5) is 17.6 Å². The number of halogens is 1. The van der Waals surface area contributed by atoms with Crippen molar-refractivity contribution in [3.63, 3.8) is 0 Å². The molecule has 4 fully saturated rings. The van der Waals surface area contributed by atoms with Crippen LogP contribution in [0.1, 0.15) is 100 Å². The number of aryl methyl sites for hydroxylation is 1. The number of rotatable bonds is 17. The summed E-state index contributed by atoms with van der Waals surface area (Å²) in [4.78, 5) is 42.2. The van der Waals surface area contributed by atoms with E-state index in [0.29, 0.717) is 52.8 Å². The van der Waals surface area contributed by atoms with Crippen LogP contribution in [0, 0.1) is 28.1 Å². The number of ether oxygens (including phenoxy) is 2. The monoisotopic (exact) mass is 958 g/mol. The molecule has 0 radical (unpaired) electrons. The van der Waals surface area contributed by atoms with Crippen LogP contribution in [0.3, 0.4) is 0 Å². The first-order valence-electron chi connectivity index (χ1n) is 25.0. The third kappa shape index (κ3) is 10.9. The number of hydrogen-bond donors (Lipinski definition) is 2. The van der Waals surface area contributed by atoms with Crippen LogP contribution in [-0.4, -0.2) is 129 Å². The van der Waals surface area contributed by atoms with Gasteiger partial charge >= 0.3 is 0 Å². The zero-order valence-corrected chi connectivity index (χ0v) is 41.7. The molecule has 2 N–H and O–H groups in total. The van der Waals surface area contributed by atoms with E-state index < -0.39 is 0 Å². The van der Waals surface area contributed by atoms with Gasteiger partial charge in [-0.2, -0.15) is 14.9 Å². The van der Waals surface area contributed by atoms with Crippen LogP contribution in [0.25, 0.3) is 5.65 Å². The lowest BCUT2D eigenvalue weighted by molar-refractivity contribution is -0.164. The van der Waals surface area contributed by atoms with Crippen molar-refractivity contribution in [2.45, 2.75) is 98.3 Å². The maximum atomic E-state index is 13.5. The first-order chi connectivity index (χ1) is 33.4. The van der Waals surface area contributed by atoms with Gasteiger partial charge in [0.25, 0.3) is 5.91 Å². The van der Waals surface area contributed by atoms with Gasteiger partial charge in [-0.05, 0) is 68.6 Å². The van der Waals surface area contributed by atoms with Crippen molar-refractivity contribution in [3.05, 3.63) is 88.5 Å². The molecule has 16 nitrogen and oxygen atoms in total. The number of benzene rings is 1. The first kappa shape index (κ1) is 48.3. The summed E-state index contributed by atoms with van der Waals surface area (Å²) in [6, 6.07) is 13.2. The highest BCUT2D eigenvalue weighted by Crippen LogP contribution is 2.55. The van der Waals surface area contributed by atoms with Crippen molar-refractivity contribution in [2.24, 2.45) is 16.7 Å². The first-order valence-corrected chi connectivity index (χ1v) is 25.4.